The van der Waals surface area contributed by atoms with Crippen LogP contribution in [0, 0.1) is 5.92 Å². The van der Waals surface area contributed by atoms with Crippen LogP contribution in [0.25, 0.3) is 0 Å². The first-order valence-electron chi connectivity index (χ1n) is 6.32. The Morgan fingerprint density at radius 3 is 2.32 bits per heavy atom. The molecule has 0 aromatic rings. The van der Waals surface area contributed by atoms with E-state index >= 15 is 0 Å². The van der Waals surface area contributed by atoms with Crippen molar-refractivity contribution in [3.63, 3.8) is 0 Å². The first kappa shape index (κ1) is 17.2. The van der Waals surface area contributed by atoms with Gasteiger partial charge in [0.2, 0.25) is 11.8 Å². The quantitative estimate of drug-likeness (QED) is 0.537. The van der Waals surface area contributed by atoms with Crippen molar-refractivity contribution in [2.24, 2.45) is 5.92 Å². The Morgan fingerprint density at radius 2 is 1.84 bits per heavy atom. The summed E-state index contributed by atoms with van der Waals surface area (Å²) < 4.78 is 0. The zero-order valence-corrected chi connectivity index (χ0v) is 11.4. The summed E-state index contributed by atoms with van der Waals surface area (Å²) in [4.78, 5) is 33.9. The maximum atomic E-state index is 11.6. The lowest BCUT2D eigenvalue weighted by Gasteiger charge is -2.20. The Kier molecular flexibility index (Phi) is 8.24. The number of carboxylic acid groups (broad SMARTS) is 1. The molecule has 0 saturated heterocycles. The van der Waals surface area contributed by atoms with E-state index in [-0.39, 0.29) is 24.7 Å². The lowest BCUT2D eigenvalue weighted by Crippen LogP contribution is -2.45. The molecule has 6 nitrogen and oxygen atoms in total. The van der Waals surface area contributed by atoms with Crippen LogP contribution in [-0.4, -0.2) is 35.5 Å². The average Bonchev–Trinajstić information content (AvgIpc) is 2.38. The molecule has 3 N–H and O–H groups in total. The molecule has 0 aromatic heterocycles. The van der Waals surface area contributed by atoms with Crippen molar-refractivity contribution in [1.82, 2.24) is 10.6 Å². The number of rotatable bonds is 9. The summed E-state index contributed by atoms with van der Waals surface area (Å²) in [6.07, 6.45) is 2.20. The van der Waals surface area contributed by atoms with E-state index < -0.39 is 17.9 Å². The molecule has 0 heterocycles. The van der Waals surface area contributed by atoms with Crippen molar-refractivity contribution >= 4 is 17.8 Å². The Labute approximate surface area is 113 Å². The molecule has 0 saturated carbocycles. The van der Waals surface area contributed by atoms with Gasteiger partial charge in [0.25, 0.3) is 0 Å². The van der Waals surface area contributed by atoms with Gasteiger partial charge in [0.15, 0.2) is 0 Å². The van der Waals surface area contributed by atoms with E-state index in [1.165, 1.54) is 0 Å². The standard InChI is InChI=1S/C13H22N2O4/c1-4-8-14-10(16)6-7-11(17)15-12(13(18)19)9(3)5-2/h4,9,12H,1,5-8H2,2-3H3,(H,14,16)(H,15,17)(H,18,19). The van der Waals surface area contributed by atoms with E-state index in [0.29, 0.717) is 13.0 Å². The highest BCUT2D eigenvalue weighted by Crippen LogP contribution is 2.08. The zero-order chi connectivity index (χ0) is 14.8. The van der Waals surface area contributed by atoms with Crippen LogP contribution in [0.2, 0.25) is 0 Å². The third kappa shape index (κ3) is 7.23. The lowest BCUT2D eigenvalue weighted by molar-refractivity contribution is -0.143. The Balaban J connectivity index is 4.17. The summed E-state index contributed by atoms with van der Waals surface area (Å²) in [7, 11) is 0. The fourth-order valence-electron chi connectivity index (χ4n) is 1.43. The number of aliphatic carboxylic acids is 1. The Morgan fingerprint density at radius 1 is 1.26 bits per heavy atom. The summed E-state index contributed by atoms with van der Waals surface area (Å²) >= 11 is 0. The van der Waals surface area contributed by atoms with Gasteiger partial charge in [-0.25, -0.2) is 4.79 Å². The van der Waals surface area contributed by atoms with Crippen LogP contribution in [0.3, 0.4) is 0 Å². The van der Waals surface area contributed by atoms with E-state index in [2.05, 4.69) is 17.2 Å². The maximum Gasteiger partial charge on any atom is 0.326 e. The van der Waals surface area contributed by atoms with Gasteiger partial charge < -0.3 is 15.7 Å². The summed E-state index contributed by atoms with van der Waals surface area (Å²) in [6.45, 7) is 7.42. The van der Waals surface area contributed by atoms with Gasteiger partial charge in [-0.1, -0.05) is 26.3 Å². The fraction of sp³-hybridized carbons (Fsp3) is 0.615. The molecule has 0 aliphatic heterocycles. The molecule has 0 aliphatic carbocycles. The van der Waals surface area contributed by atoms with Crippen molar-refractivity contribution in [1.29, 1.82) is 0 Å². The predicted octanol–water partition coefficient (Wildman–Crippen LogP) is 0.684. The second-order valence-electron chi connectivity index (χ2n) is 4.36. The molecule has 2 amide bonds. The molecule has 0 fully saturated rings. The normalized spacial score (nSPS) is 13.2. The third-order valence-corrected chi connectivity index (χ3v) is 2.82. The van der Waals surface area contributed by atoms with E-state index in [1.807, 2.05) is 6.92 Å². The van der Waals surface area contributed by atoms with E-state index in [1.54, 1.807) is 13.0 Å². The van der Waals surface area contributed by atoms with Gasteiger partial charge in [0.1, 0.15) is 6.04 Å². The summed E-state index contributed by atoms with van der Waals surface area (Å²) in [5.74, 6) is -1.90. The topological polar surface area (TPSA) is 95.5 Å². The van der Waals surface area contributed by atoms with Crippen LogP contribution in [0.15, 0.2) is 12.7 Å². The highest BCUT2D eigenvalue weighted by atomic mass is 16.4. The summed E-state index contributed by atoms with van der Waals surface area (Å²) in [6, 6.07) is -0.909. The number of nitrogens with one attached hydrogen (secondary N) is 2. The second kappa shape index (κ2) is 9.13. The molecule has 0 aliphatic rings. The second-order valence-corrected chi connectivity index (χ2v) is 4.36. The molecular weight excluding hydrogens is 248 g/mol. The highest BCUT2D eigenvalue weighted by molar-refractivity contribution is 5.87. The van der Waals surface area contributed by atoms with Crippen molar-refractivity contribution < 1.29 is 19.5 Å². The first-order chi connectivity index (χ1) is 8.92. The first-order valence-corrected chi connectivity index (χ1v) is 6.32. The Bertz CT molecular complexity index is 342. The minimum absolute atomic E-state index is 0.0246. The van der Waals surface area contributed by atoms with Gasteiger partial charge in [0.05, 0.1) is 0 Å². The smallest absolute Gasteiger partial charge is 0.326 e. The number of carbonyl (C=O) groups excluding carboxylic acids is 2. The molecule has 0 spiro atoms. The number of hydrogen-bond acceptors (Lipinski definition) is 3. The molecule has 0 radical (unpaired) electrons. The average molecular weight is 270 g/mol. The third-order valence-electron chi connectivity index (χ3n) is 2.82. The minimum Gasteiger partial charge on any atom is -0.480 e. The molecule has 6 heteroatoms. The fourth-order valence-corrected chi connectivity index (χ4v) is 1.43. The number of carbonyl (C=O) groups is 3. The van der Waals surface area contributed by atoms with Crippen LogP contribution < -0.4 is 10.6 Å². The van der Waals surface area contributed by atoms with Gasteiger partial charge >= 0.3 is 5.97 Å². The molecule has 2 atom stereocenters. The van der Waals surface area contributed by atoms with Crippen molar-refractivity contribution in [3.8, 4) is 0 Å². The van der Waals surface area contributed by atoms with E-state index in [0.717, 1.165) is 0 Å². The number of amides is 2. The molecule has 2 unspecified atom stereocenters. The zero-order valence-electron chi connectivity index (χ0n) is 11.4. The van der Waals surface area contributed by atoms with Gasteiger partial charge in [0, 0.05) is 19.4 Å². The number of hydrogen-bond donors (Lipinski definition) is 3. The van der Waals surface area contributed by atoms with Crippen LogP contribution in [-0.2, 0) is 14.4 Å². The number of carboxylic acids is 1. The molecule has 0 aromatic carbocycles. The molecule has 19 heavy (non-hydrogen) atoms. The summed E-state index contributed by atoms with van der Waals surface area (Å²) in [5.41, 5.74) is 0. The van der Waals surface area contributed by atoms with Gasteiger partial charge in [-0.3, -0.25) is 9.59 Å². The van der Waals surface area contributed by atoms with Crippen LogP contribution in [0.5, 0.6) is 0 Å². The van der Waals surface area contributed by atoms with Crippen LogP contribution in [0.1, 0.15) is 33.1 Å². The van der Waals surface area contributed by atoms with Crippen molar-refractivity contribution in [2.75, 3.05) is 6.54 Å². The Hall–Kier alpha value is -1.85. The minimum atomic E-state index is -1.06. The van der Waals surface area contributed by atoms with Crippen LogP contribution in [0.4, 0.5) is 0 Å². The van der Waals surface area contributed by atoms with Crippen molar-refractivity contribution in [3.05, 3.63) is 12.7 Å². The summed E-state index contributed by atoms with van der Waals surface area (Å²) in [5, 5.41) is 14.0. The van der Waals surface area contributed by atoms with Gasteiger partial charge in [-0.05, 0) is 5.92 Å². The highest BCUT2D eigenvalue weighted by Gasteiger charge is 2.25. The lowest BCUT2D eigenvalue weighted by atomic mass is 9.99. The molecular formula is C13H22N2O4. The molecule has 0 rings (SSSR count). The molecule has 108 valence electrons. The van der Waals surface area contributed by atoms with E-state index in [9.17, 15) is 14.4 Å². The monoisotopic (exact) mass is 270 g/mol. The molecule has 0 bridgehead atoms. The van der Waals surface area contributed by atoms with Crippen LogP contribution >= 0.6 is 0 Å². The predicted molar refractivity (Wildman–Crippen MR) is 71.5 cm³/mol. The van der Waals surface area contributed by atoms with Gasteiger partial charge in [-0.2, -0.15) is 0 Å². The SMILES string of the molecule is C=CCNC(=O)CCC(=O)NC(C(=O)O)C(C)CC. The van der Waals surface area contributed by atoms with Crippen molar-refractivity contribution in [2.45, 2.75) is 39.2 Å². The maximum absolute atomic E-state index is 11.6. The largest absolute Gasteiger partial charge is 0.480 e. The van der Waals surface area contributed by atoms with E-state index in [4.69, 9.17) is 5.11 Å². The van der Waals surface area contributed by atoms with Gasteiger partial charge in [-0.15, -0.1) is 6.58 Å².